The summed E-state index contributed by atoms with van der Waals surface area (Å²) in [6.45, 7) is 19.6. The van der Waals surface area contributed by atoms with Crippen LogP contribution in [0.25, 0.3) is 0 Å². The van der Waals surface area contributed by atoms with Crippen LogP contribution in [0, 0.1) is 29.6 Å². The Balaban J connectivity index is 1.28. The molecule has 1 saturated heterocycles. The van der Waals surface area contributed by atoms with Gasteiger partial charge in [-0.2, -0.15) is 0 Å². The van der Waals surface area contributed by atoms with Crippen LogP contribution >= 0.6 is 0 Å². The van der Waals surface area contributed by atoms with E-state index < -0.39 is 81.7 Å². The quantitative estimate of drug-likeness (QED) is 0.0464. The van der Waals surface area contributed by atoms with Gasteiger partial charge in [0, 0.05) is 59.7 Å². The summed E-state index contributed by atoms with van der Waals surface area (Å²) < 4.78 is 68.2. The van der Waals surface area contributed by atoms with Crippen molar-refractivity contribution in [2.75, 3.05) is 94.2 Å². The molecule has 22 nitrogen and oxygen atoms in total. The van der Waals surface area contributed by atoms with Gasteiger partial charge in [0.15, 0.2) is 6.29 Å². The minimum absolute atomic E-state index is 0.0544. The molecule has 0 spiro atoms. The fraction of sp³-hybridized carbons (Fsp3) is 0.780. The molecule has 2 heterocycles. The first kappa shape index (κ1) is 70.2. The second-order valence-corrected chi connectivity index (χ2v) is 24.8. The molecular formula is C59H101N7O15S. The number of rotatable bonds is 40. The number of aliphatic hydroxyl groups excluding tert-OH is 1. The van der Waals surface area contributed by atoms with Crippen molar-refractivity contribution < 1.29 is 70.7 Å². The summed E-state index contributed by atoms with van der Waals surface area (Å²) >= 11 is 0. The number of sulfonamides is 1. The highest BCUT2D eigenvalue weighted by Gasteiger charge is 2.44. The Labute approximate surface area is 489 Å². The molecule has 1 saturated carbocycles. The molecule has 2 aliphatic heterocycles. The van der Waals surface area contributed by atoms with E-state index in [4.69, 9.17) is 33.2 Å². The Morgan fingerprint density at radius 1 is 0.817 bits per heavy atom. The highest BCUT2D eigenvalue weighted by molar-refractivity contribution is 7.90. The number of likely N-dealkylation sites (N-methyl/N-ethyl adjacent to an activating group) is 2. The maximum absolute atomic E-state index is 14.7. The summed E-state index contributed by atoms with van der Waals surface area (Å²) in [5.74, 6) is -3.69. The number of nitrogens with one attached hydrogen (secondary N) is 4. The Hall–Kier alpha value is -4.30. The number of ether oxygens (including phenoxy) is 7. The van der Waals surface area contributed by atoms with Crippen molar-refractivity contribution in [3.05, 3.63) is 48.2 Å². The molecule has 0 radical (unpaired) electrons. The van der Waals surface area contributed by atoms with Gasteiger partial charge >= 0.3 is 0 Å². The normalized spacial score (nSPS) is 20.8. The number of nitrogens with zero attached hydrogens (tertiary/aromatic N) is 3. The van der Waals surface area contributed by atoms with E-state index in [9.17, 15) is 37.5 Å². The molecule has 23 heteroatoms. The third-order valence-corrected chi connectivity index (χ3v) is 17.7. The van der Waals surface area contributed by atoms with E-state index in [0.29, 0.717) is 104 Å². The second kappa shape index (κ2) is 35.9. The van der Waals surface area contributed by atoms with Crippen molar-refractivity contribution in [1.82, 2.24) is 35.4 Å². The van der Waals surface area contributed by atoms with Crippen molar-refractivity contribution in [3.8, 4) is 0 Å². The SMILES string of the molecule is CCCOC1CC(C(O)NCCOCCOCCOCCN(C)[C@H](C(=O)N[C@H](C(=O)N(C)[C@@H]([C@@H](C)CC)[C@@H](CC(=O)N2CCC[C@H]2[C@H](OC)[C@@H](C)C(=O)N[C@@H](Cc2ccccc2)C(=O)NS(=O)(=O)C2CC2)OC)C(C)C)C(C)C)C=CO1. The second-order valence-electron chi connectivity index (χ2n) is 22.9. The average molecular weight is 1180 g/mol. The lowest BCUT2D eigenvalue weighted by molar-refractivity contribution is -0.148. The van der Waals surface area contributed by atoms with Gasteiger partial charge in [0.05, 0.1) is 100 Å². The van der Waals surface area contributed by atoms with Gasteiger partial charge in [0.2, 0.25) is 33.7 Å². The van der Waals surface area contributed by atoms with Gasteiger partial charge in [-0.1, -0.05) is 92.1 Å². The van der Waals surface area contributed by atoms with Gasteiger partial charge in [0.1, 0.15) is 18.3 Å². The standard InChI is InChI=1S/C59H101N7O15S/c1-13-28-80-50-37-44(24-29-81-50)56(69)60-25-30-77-32-34-79-35-33-78-31-27-64(9)52(40(5)6)58(71)62-51(39(3)4)59(72)65(10)53(41(7)14-2)48(75-11)38-49(67)66-26-18-21-47(66)54(76-12)42(8)55(68)61-46(36-43-19-16-15-17-20-43)57(70)63-82(73,74)45-22-23-45/h15-17,19-20,24,29,39-42,44-48,50-54,56,60,69H,13-14,18,21-23,25-28,30-38H2,1-12H3,(H,61,68)(H,62,71)(H,63,70)/t41-,42+,44?,46-,47-,48+,50?,51-,52-,53-,54+,56?/m0/s1. The van der Waals surface area contributed by atoms with Crippen LogP contribution in [0.5, 0.6) is 0 Å². The van der Waals surface area contributed by atoms with E-state index in [1.165, 1.54) is 14.2 Å². The lowest BCUT2D eigenvalue weighted by atomic mass is 9.89. The van der Waals surface area contributed by atoms with Crippen LogP contribution in [0.2, 0.25) is 0 Å². The number of carbonyl (C=O) groups excluding carboxylic acids is 5. The molecule has 2 fully saturated rings. The molecular weight excluding hydrogens is 1080 g/mol. The molecule has 0 bridgehead atoms. The molecule has 1 aliphatic carbocycles. The molecule has 4 rings (SSSR count). The molecule has 82 heavy (non-hydrogen) atoms. The van der Waals surface area contributed by atoms with Crippen molar-refractivity contribution >= 4 is 39.6 Å². The Morgan fingerprint density at radius 2 is 1.48 bits per heavy atom. The zero-order chi connectivity index (χ0) is 60.5. The summed E-state index contributed by atoms with van der Waals surface area (Å²) in [7, 11) is 2.66. The molecule has 1 aromatic rings. The van der Waals surface area contributed by atoms with Gasteiger partial charge in [-0.3, -0.25) is 38.9 Å². The Bertz CT molecular complexity index is 2230. The summed E-state index contributed by atoms with van der Waals surface area (Å²) in [5.41, 5.74) is 0.728. The maximum Gasteiger partial charge on any atom is 0.256 e. The highest BCUT2D eigenvalue weighted by atomic mass is 32.2. The number of hydrogen-bond donors (Lipinski definition) is 5. The fourth-order valence-corrected chi connectivity index (χ4v) is 12.2. The lowest BCUT2D eigenvalue weighted by Crippen LogP contribution is -2.60. The van der Waals surface area contributed by atoms with Crippen LogP contribution in [0.1, 0.15) is 112 Å². The fourth-order valence-electron chi connectivity index (χ4n) is 10.8. The third-order valence-electron chi connectivity index (χ3n) is 15.9. The first-order valence-corrected chi connectivity index (χ1v) is 31.2. The van der Waals surface area contributed by atoms with Crippen molar-refractivity contribution in [2.24, 2.45) is 29.6 Å². The Kier molecular flexibility index (Phi) is 30.7. The van der Waals surface area contributed by atoms with Gasteiger partial charge < -0.3 is 58.7 Å². The molecule has 5 N–H and O–H groups in total. The van der Waals surface area contributed by atoms with Gasteiger partial charge in [-0.05, 0) is 68.5 Å². The minimum atomic E-state index is -3.89. The molecule has 3 unspecified atom stereocenters. The largest absolute Gasteiger partial charge is 0.473 e. The molecule has 1 aromatic carbocycles. The predicted octanol–water partition coefficient (Wildman–Crippen LogP) is 3.60. The van der Waals surface area contributed by atoms with Crippen LogP contribution in [0.4, 0.5) is 0 Å². The van der Waals surface area contributed by atoms with Crippen LogP contribution in [0.3, 0.4) is 0 Å². The van der Waals surface area contributed by atoms with Crippen LogP contribution in [0.15, 0.2) is 42.7 Å². The third kappa shape index (κ3) is 22.0. The monoisotopic (exact) mass is 1180 g/mol. The van der Waals surface area contributed by atoms with E-state index in [0.717, 1.165) is 12.0 Å². The number of amides is 5. The molecule has 5 amide bonds. The lowest BCUT2D eigenvalue weighted by Gasteiger charge is -2.41. The summed E-state index contributed by atoms with van der Waals surface area (Å²) in [5, 5.41) is 18.9. The van der Waals surface area contributed by atoms with Gasteiger partial charge in [0.25, 0.3) is 5.91 Å². The smallest absolute Gasteiger partial charge is 0.256 e. The van der Waals surface area contributed by atoms with Gasteiger partial charge in [-0.15, -0.1) is 0 Å². The van der Waals surface area contributed by atoms with E-state index in [2.05, 4.69) is 20.7 Å². The molecule has 3 aliphatic rings. The van der Waals surface area contributed by atoms with Crippen LogP contribution < -0.4 is 20.7 Å². The van der Waals surface area contributed by atoms with Gasteiger partial charge in [-0.25, -0.2) is 8.42 Å². The zero-order valence-corrected chi connectivity index (χ0v) is 51.9. The van der Waals surface area contributed by atoms with E-state index >= 15 is 0 Å². The summed E-state index contributed by atoms with van der Waals surface area (Å²) in [4.78, 5) is 76.3. The number of benzene rings is 1. The van der Waals surface area contributed by atoms with Crippen molar-refractivity contribution in [3.63, 3.8) is 0 Å². The van der Waals surface area contributed by atoms with Crippen molar-refractivity contribution in [2.45, 2.75) is 173 Å². The zero-order valence-electron chi connectivity index (χ0n) is 51.0. The van der Waals surface area contributed by atoms with Crippen LogP contribution in [-0.2, 0) is 73.6 Å². The topological polar surface area (TPSA) is 262 Å². The maximum atomic E-state index is 14.7. The number of aliphatic hydroxyl groups is 1. The van der Waals surface area contributed by atoms with Crippen LogP contribution in [-0.4, -0.2) is 212 Å². The molecule has 0 aromatic heterocycles. The number of carbonyl (C=O) groups is 5. The summed E-state index contributed by atoms with van der Waals surface area (Å²) in [6, 6.07) is 5.27. The van der Waals surface area contributed by atoms with E-state index in [-0.39, 0.29) is 60.5 Å². The number of methoxy groups -OCH3 is 2. The summed E-state index contributed by atoms with van der Waals surface area (Å²) in [6.07, 6.45) is 5.01. The molecule has 12 atom stereocenters. The predicted molar refractivity (Wildman–Crippen MR) is 311 cm³/mol. The van der Waals surface area contributed by atoms with Crippen molar-refractivity contribution in [1.29, 1.82) is 0 Å². The Morgan fingerprint density at radius 3 is 2.07 bits per heavy atom. The minimum Gasteiger partial charge on any atom is -0.473 e. The number of likely N-dealkylation sites (tertiary alicyclic amines) is 1. The number of hydrogen-bond acceptors (Lipinski definition) is 17. The molecule has 468 valence electrons. The first-order valence-electron chi connectivity index (χ1n) is 29.7. The van der Waals surface area contributed by atoms with E-state index in [1.807, 2.05) is 72.6 Å². The first-order chi connectivity index (χ1) is 39.1. The van der Waals surface area contributed by atoms with E-state index in [1.54, 1.807) is 54.3 Å². The average Bonchev–Trinajstić information content (AvgIpc) is 4.25. The highest BCUT2D eigenvalue weighted by Crippen LogP contribution is 2.31.